The largest absolute Gasteiger partial charge is 0.413 e. The summed E-state index contributed by atoms with van der Waals surface area (Å²) in [5.74, 6) is -0.538. The summed E-state index contributed by atoms with van der Waals surface area (Å²) in [6, 6.07) is 6.09. The minimum Gasteiger partial charge on any atom is -0.413 e. The van der Waals surface area contributed by atoms with Crippen LogP contribution in [0.25, 0.3) is 11.5 Å². The molecule has 1 aliphatic rings. The smallest absolute Gasteiger partial charge is 0.284 e. The van der Waals surface area contributed by atoms with E-state index in [4.69, 9.17) is 4.42 Å². The van der Waals surface area contributed by atoms with Gasteiger partial charge in [0, 0.05) is 5.92 Å². The second-order valence-corrected chi connectivity index (χ2v) is 4.03. The average molecular weight is 232 g/mol. The molecule has 0 saturated heterocycles. The Labute approximate surface area is 96.5 Å². The van der Waals surface area contributed by atoms with Crippen LogP contribution in [0.5, 0.6) is 0 Å². The Morgan fingerprint density at radius 1 is 1.29 bits per heavy atom. The van der Waals surface area contributed by atoms with Crippen LogP contribution in [0.3, 0.4) is 0 Å². The predicted octanol–water partition coefficient (Wildman–Crippen LogP) is 2.47. The SMILES string of the molecule is O=C(c1nnc(-c2ccccc2F)o1)C1CC1. The summed E-state index contributed by atoms with van der Waals surface area (Å²) in [5, 5.41) is 7.36. The number of Topliss-reactive ketones (excluding diaryl/α,β-unsaturated/α-hetero) is 1. The number of ketones is 1. The zero-order valence-electron chi connectivity index (χ0n) is 8.89. The molecule has 2 aromatic rings. The van der Waals surface area contributed by atoms with Crippen LogP contribution in [-0.2, 0) is 0 Å². The summed E-state index contributed by atoms with van der Waals surface area (Å²) in [6.45, 7) is 0. The van der Waals surface area contributed by atoms with Crippen molar-refractivity contribution in [2.45, 2.75) is 12.8 Å². The van der Waals surface area contributed by atoms with E-state index in [2.05, 4.69) is 10.2 Å². The van der Waals surface area contributed by atoms with Gasteiger partial charge in [-0.25, -0.2) is 4.39 Å². The van der Waals surface area contributed by atoms with Crippen molar-refractivity contribution in [1.29, 1.82) is 0 Å². The highest BCUT2D eigenvalue weighted by atomic mass is 19.1. The number of carbonyl (C=O) groups is 1. The average Bonchev–Trinajstić information content (AvgIpc) is 3.07. The van der Waals surface area contributed by atoms with Gasteiger partial charge in [0.2, 0.25) is 5.78 Å². The molecule has 3 rings (SSSR count). The monoisotopic (exact) mass is 232 g/mol. The van der Waals surface area contributed by atoms with E-state index in [0.717, 1.165) is 12.8 Å². The molecule has 0 bridgehead atoms. The number of aromatic nitrogens is 2. The lowest BCUT2D eigenvalue weighted by molar-refractivity contribution is 0.0934. The van der Waals surface area contributed by atoms with Crippen molar-refractivity contribution in [2.75, 3.05) is 0 Å². The highest BCUT2D eigenvalue weighted by molar-refractivity contribution is 5.95. The second-order valence-electron chi connectivity index (χ2n) is 4.03. The molecule has 4 nitrogen and oxygen atoms in total. The van der Waals surface area contributed by atoms with Crippen molar-refractivity contribution in [1.82, 2.24) is 10.2 Å². The molecule has 17 heavy (non-hydrogen) atoms. The molecule has 1 fully saturated rings. The molecule has 0 radical (unpaired) electrons. The van der Waals surface area contributed by atoms with Crippen LogP contribution >= 0.6 is 0 Å². The van der Waals surface area contributed by atoms with Gasteiger partial charge in [0.15, 0.2) is 0 Å². The van der Waals surface area contributed by atoms with Crippen molar-refractivity contribution in [3.8, 4) is 11.5 Å². The van der Waals surface area contributed by atoms with Gasteiger partial charge in [0.25, 0.3) is 11.8 Å². The predicted molar refractivity (Wildman–Crippen MR) is 56.7 cm³/mol. The molecule has 1 aliphatic carbocycles. The zero-order valence-corrected chi connectivity index (χ0v) is 8.89. The van der Waals surface area contributed by atoms with Crippen molar-refractivity contribution in [2.24, 2.45) is 5.92 Å². The lowest BCUT2D eigenvalue weighted by Crippen LogP contribution is -2.01. The second kappa shape index (κ2) is 3.76. The van der Waals surface area contributed by atoms with Gasteiger partial charge in [0.1, 0.15) is 5.82 Å². The van der Waals surface area contributed by atoms with Gasteiger partial charge in [-0.15, -0.1) is 10.2 Å². The molecule has 1 aromatic heterocycles. The molecule has 1 saturated carbocycles. The number of hydrogen-bond donors (Lipinski definition) is 0. The fourth-order valence-corrected chi connectivity index (χ4v) is 1.59. The van der Waals surface area contributed by atoms with Crippen molar-refractivity contribution in [3.63, 3.8) is 0 Å². The van der Waals surface area contributed by atoms with Gasteiger partial charge in [0.05, 0.1) is 5.56 Å². The highest BCUT2D eigenvalue weighted by Gasteiger charge is 2.34. The first-order chi connectivity index (χ1) is 8.25. The van der Waals surface area contributed by atoms with Gasteiger partial charge in [-0.05, 0) is 25.0 Å². The summed E-state index contributed by atoms with van der Waals surface area (Å²) in [7, 11) is 0. The van der Waals surface area contributed by atoms with Gasteiger partial charge in [-0.2, -0.15) is 0 Å². The van der Waals surface area contributed by atoms with Gasteiger partial charge >= 0.3 is 0 Å². The summed E-state index contributed by atoms with van der Waals surface area (Å²) in [5.41, 5.74) is 0.217. The van der Waals surface area contributed by atoms with Crippen LogP contribution in [0, 0.1) is 11.7 Å². The molecule has 1 aromatic carbocycles. The van der Waals surface area contributed by atoms with Crippen molar-refractivity contribution < 1.29 is 13.6 Å². The van der Waals surface area contributed by atoms with E-state index in [1.807, 2.05) is 0 Å². The van der Waals surface area contributed by atoms with Crippen LogP contribution in [0.2, 0.25) is 0 Å². The maximum Gasteiger partial charge on any atom is 0.284 e. The fourth-order valence-electron chi connectivity index (χ4n) is 1.59. The zero-order chi connectivity index (χ0) is 11.8. The van der Waals surface area contributed by atoms with E-state index in [1.165, 1.54) is 12.1 Å². The molecule has 86 valence electrons. The number of rotatable bonds is 3. The molecule has 0 N–H and O–H groups in total. The third-order valence-corrected chi connectivity index (χ3v) is 2.69. The lowest BCUT2D eigenvalue weighted by Gasteiger charge is -1.95. The first-order valence-electron chi connectivity index (χ1n) is 5.38. The summed E-state index contributed by atoms with van der Waals surface area (Å²) in [6.07, 6.45) is 1.74. The number of halogens is 1. The maximum atomic E-state index is 13.4. The summed E-state index contributed by atoms with van der Waals surface area (Å²) in [4.78, 5) is 11.6. The summed E-state index contributed by atoms with van der Waals surface area (Å²) >= 11 is 0. The van der Waals surface area contributed by atoms with E-state index in [0.29, 0.717) is 0 Å². The molecule has 0 aliphatic heterocycles. The Morgan fingerprint density at radius 3 is 2.76 bits per heavy atom. The molecular weight excluding hydrogens is 223 g/mol. The van der Waals surface area contributed by atoms with Gasteiger partial charge in [-0.3, -0.25) is 4.79 Å². The third-order valence-electron chi connectivity index (χ3n) is 2.69. The molecule has 0 unspecified atom stereocenters. The van der Waals surface area contributed by atoms with Crippen molar-refractivity contribution >= 4 is 5.78 Å². The van der Waals surface area contributed by atoms with Crippen LogP contribution in [0.4, 0.5) is 4.39 Å². The molecule has 5 heteroatoms. The quantitative estimate of drug-likeness (QED) is 0.763. The number of benzene rings is 1. The Morgan fingerprint density at radius 2 is 2.06 bits per heavy atom. The Hall–Kier alpha value is -2.04. The fraction of sp³-hybridized carbons (Fsp3) is 0.250. The van der Waals surface area contributed by atoms with E-state index in [1.54, 1.807) is 12.1 Å². The van der Waals surface area contributed by atoms with E-state index in [9.17, 15) is 9.18 Å². The van der Waals surface area contributed by atoms with E-state index >= 15 is 0 Å². The topological polar surface area (TPSA) is 56.0 Å². The van der Waals surface area contributed by atoms with Gasteiger partial charge < -0.3 is 4.42 Å². The first-order valence-corrected chi connectivity index (χ1v) is 5.38. The third kappa shape index (κ3) is 1.84. The van der Waals surface area contributed by atoms with Crippen LogP contribution < -0.4 is 0 Å². The Balaban J connectivity index is 1.94. The Bertz CT molecular complexity index is 575. The van der Waals surface area contributed by atoms with Crippen LogP contribution in [0.1, 0.15) is 23.5 Å². The number of nitrogens with zero attached hydrogens (tertiary/aromatic N) is 2. The van der Waals surface area contributed by atoms with Gasteiger partial charge in [-0.1, -0.05) is 12.1 Å². The molecule has 1 heterocycles. The lowest BCUT2D eigenvalue weighted by atomic mass is 10.2. The molecule has 0 atom stereocenters. The molecular formula is C12H9FN2O2. The highest BCUT2D eigenvalue weighted by Crippen LogP contribution is 2.33. The minimum absolute atomic E-state index is 0.0175. The van der Waals surface area contributed by atoms with E-state index < -0.39 is 5.82 Å². The number of hydrogen-bond acceptors (Lipinski definition) is 4. The first kappa shape index (κ1) is 10.1. The number of carbonyl (C=O) groups excluding carboxylic acids is 1. The summed E-state index contributed by atoms with van der Waals surface area (Å²) < 4.78 is 18.6. The Kier molecular flexibility index (Phi) is 2.24. The minimum atomic E-state index is -0.443. The standard InChI is InChI=1S/C12H9FN2O2/c13-9-4-2-1-3-8(9)11-14-15-12(17-11)10(16)7-5-6-7/h1-4,7H,5-6H2. The van der Waals surface area contributed by atoms with Crippen LogP contribution in [-0.4, -0.2) is 16.0 Å². The normalized spacial score (nSPS) is 14.9. The van der Waals surface area contributed by atoms with E-state index in [-0.39, 0.29) is 29.0 Å². The van der Waals surface area contributed by atoms with Crippen molar-refractivity contribution in [3.05, 3.63) is 36.0 Å². The molecule has 0 amide bonds. The maximum absolute atomic E-state index is 13.4. The van der Waals surface area contributed by atoms with Crippen LogP contribution in [0.15, 0.2) is 28.7 Å². The molecule has 0 spiro atoms.